The average molecular weight is 743 g/mol. The van der Waals surface area contributed by atoms with E-state index >= 15 is 0 Å². The molecule has 2 aromatic rings. The molecule has 304 valence electrons. The number of hydrogen-bond donors (Lipinski definition) is 1. The van der Waals surface area contributed by atoms with Crippen molar-refractivity contribution in [2.24, 2.45) is 0 Å². The van der Waals surface area contributed by atoms with Crippen molar-refractivity contribution in [1.82, 2.24) is 0 Å². The number of unbranched alkanes of at least 4 members (excludes halogenated alkanes) is 18. The predicted octanol–water partition coefficient (Wildman–Crippen LogP) is 12.5. The Balaban J connectivity index is 1.36. The second kappa shape index (κ2) is 29.8. The van der Waals surface area contributed by atoms with Gasteiger partial charge in [-0.05, 0) is 82.1 Å². The van der Waals surface area contributed by atoms with Gasteiger partial charge in [0.1, 0.15) is 29.6 Å². The van der Waals surface area contributed by atoms with Gasteiger partial charge in [0.05, 0.1) is 6.61 Å². The maximum atomic E-state index is 12.3. The third-order valence-corrected chi connectivity index (χ3v) is 10.7. The fourth-order valence-corrected chi connectivity index (χ4v) is 7.15. The summed E-state index contributed by atoms with van der Waals surface area (Å²) >= 11 is 0. The number of ether oxygens (including phenoxy) is 2. The number of carbonyl (C=O) groups excluding carboxylic acids is 2. The quantitative estimate of drug-likeness (QED) is 0.0563. The molecule has 0 aliphatic carbocycles. The lowest BCUT2D eigenvalue weighted by Crippen LogP contribution is -2.28. The van der Waals surface area contributed by atoms with E-state index in [2.05, 4.69) is 40.7 Å². The van der Waals surface area contributed by atoms with Gasteiger partial charge in [-0.15, -0.1) is 0 Å². The van der Waals surface area contributed by atoms with Crippen molar-refractivity contribution in [3.63, 3.8) is 0 Å². The Morgan fingerprint density at radius 1 is 0.566 bits per heavy atom. The number of rotatable bonds is 34. The minimum atomic E-state index is -0.790. The Kier molecular flexibility index (Phi) is 26.2. The number of hydrogen-bond acceptors (Lipinski definition) is 7. The van der Waals surface area contributed by atoms with Crippen molar-refractivity contribution in [3.8, 4) is 0 Å². The lowest BCUT2D eigenvalue weighted by molar-refractivity contribution is -0.161. The first-order valence-electron chi connectivity index (χ1n) is 21.9. The van der Waals surface area contributed by atoms with E-state index in [0.29, 0.717) is 12.8 Å². The molecular formula is C46H78O7. The van der Waals surface area contributed by atoms with E-state index in [9.17, 15) is 14.7 Å². The van der Waals surface area contributed by atoms with Crippen molar-refractivity contribution in [2.75, 3.05) is 13.2 Å². The topological polar surface area (TPSA) is 99.1 Å². The van der Waals surface area contributed by atoms with E-state index in [1.807, 2.05) is 0 Å². The molecule has 0 saturated carbocycles. The van der Waals surface area contributed by atoms with Crippen molar-refractivity contribution in [3.05, 3.63) is 45.8 Å². The molecule has 7 heteroatoms. The van der Waals surface area contributed by atoms with Gasteiger partial charge in [0, 0.05) is 38.5 Å². The van der Waals surface area contributed by atoms with Crippen molar-refractivity contribution >= 4 is 11.9 Å². The summed E-state index contributed by atoms with van der Waals surface area (Å²) in [7, 11) is 0. The van der Waals surface area contributed by atoms with Crippen LogP contribution in [0.5, 0.6) is 0 Å². The highest BCUT2D eigenvalue weighted by molar-refractivity contribution is 5.70. The molecule has 0 aromatic carbocycles. The monoisotopic (exact) mass is 743 g/mol. The molecular weight excluding hydrogens is 664 g/mol. The fraction of sp³-hybridized carbons (Fsp3) is 0.783. The van der Waals surface area contributed by atoms with Crippen LogP contribution < -0.4 is 0 Å². The van der Waals surface area contributed by atoms with E-state index < -0.39 is 6.10 Å². The summed E-state index contributed by atoms with van der Waals surface area (Å²) < 4.78 is 22.9. The molecule has 0 fully saturated rings. The summed E-state index contributed by atoms with van der Waals surface area (Å²) in [6.07, 6.45) is 29.6. The SMILES string of the molecule is CCCCCc1oc(CCCCCCCCCCCCC(=O)OC[C@H](CO)OC(=O)CCCCCCCCCCc2oc(CCC)cc2C)c(C)c1C. The van der Waals surface area contributed by atoms with Crippen LogP contribution in [0.1, 0.15) is 208 Å². The Bertz CT molecular complexity index is 1220. The van der Waals surface area contributed by atoms with Gasteiger partial charge in [0.2, 0.25) is 0 Å². The zero-order valence-corrected chi connectivity index (χ0v) is 34.8. The van der Waals surface area contributed by atoms with E-state index in [1.165, 1.54) is 125 Å². The molecule has 53 heavy (non-hydrogen) atoms. The van der Waals surface area contributed by atoms with E-state index in [1.54, 1.807) is 0 Å². The van der Waals surface area contributed by atoms with Crippen LogP contribution in [-0.4, -0.2) is 36.4 Å². The average Bonchev–Trinajstić information content (AvgIpc) is 3.63. The molecule has 2 aromatic heterocycles. The molecule has 0 spiro atoms. The molecule has 0 bridgehead atoms. The standard InChI is InChI=1S/C46H78O7/c1-6-8-23-30-43-38(4)39(5)44(53-43)31-25-20-16-11-9-10-12-17-21-26-32-45(48)50-36-41(35-47)52-46(49)33-27-22-18-14-13-15-19-24-29-42-37(3)34-40(51-42)28-7-2/h34,41,47H,6-33,35-36H2,1-5H3/t41-/m0/s1. The molecule has 1 atom stereocenters. The molecule has 0 aliphatic rings. The molecule has 2 rings (SSSR count). The van der Waals surface area contributed by atoms with Gasteiger partial charge in [-0.1, -0.05) is 117 Å². The smallest absolute Gasteiger partial charge is 0.306 e. The normalized spacial score (nSPS) is 12.0. The number of esters is 2. The van der Waals surface area contributed by atoms with Gasteiger partial charge in [0.15, 0.2) is 6.10 Å². The Hall–Kier alpha value is -2.54. The van der Waals surface area contributed by atoms with Gasteiger partial charge >= 0.3 is 11.9 Å². The Morgan fingerprint density at radius 3 is 1.51 bits per heavy atom. The van der Waals surface area contributed by atoms with E-state index in [4.69, 9.17) is 18.3 Å². The summed E-state index contributed by atoms with van der Waals surface area (Å²) in [5.74, 6) is 4.07. The third-order valence-electron chi connectivity index (χ3n) is 10.7. The number of aryl methyl sites for hydroxylation is 5. The van der Waals surface area contributed by atoms with Crippen LogP contribution in [-0.2, 0) is 44.7 Å². The van der Waals surface area contributed by atoms with E-state index in [0.717, 1.165) is 82.1 Å². The number of aliphatic hydroxyl groups excluding tert-OH is 1. The van der Waals surface area contributed by atoms with Gasteiger partial charge in [0.25, 0.3) is 0 Å². The van der Waals surface area contributed by atoms with Gasteiger partial charge in [-0.25, -0.2) is 0 Å². The molecule has 0 aliphatic heterocycles. The summed E-state index contributed by atoms with van der Waals surface area (Å²) in [5, 5.41) is 9.62. The van der Waals surface area contributed by atoms with E-state index in [-0.39, 0.29) is 25.2 Å². The summed E-state index contributed by atoms with van der Waals surface area (Å²) in [5.41, 5.74) is 4.02. The first-order chi connectivity index (χ1) is 25.8. The van der Waals surface area contributed by atoms with Crippen LogP contribution in [0.3, 0.4) is 0 Å². The molecule has 0 unspecified atom stereocenters. The zero-order valence-electron chi connectivity index (χ0n) is 34.8. The van der Waals surface area contributed by atoms with Gasteiger partial charge in [-0.3, -0.25) is 9.59 Å². The second-order valence-corrected chi connectivity index (χ2v) is 15.6. The fourth-order valence-electron chi connectivity index (χ4n) is 7.15. The maximum Gasteiger partial charge on any atom is 0.306 e. The first kappa shape index (κ1) is 46.6. The minimum absolute atomic E-state index is 0.0820. The summed E-state index contributed by atoms with van der Waals surface area (Å²) in [4.78, 5) is 24.4. The van der Waals surface area contributed by atoms with Crippen LogP contribution >= 0.6 is 0 Å². The minimum Gasteiger partial charge on any atom is -0.466 e. The van der Waals surface area contributed by atoms with Crippen LogP contribution in [0.4, 0.5) is 0 Å². The largest absolute Gasteiger partial charge is 0.466 e. The first-order valence-corrected chi connectivity index (χ1v) is 21.9. The van der Waals surface area contributed by atoms with Crippen molar-refractivity contribution in [2.45, 2.75) is 221 Å². The Morgan fingerprint density at radius 2 is 1.02 bits per heavy atom. The zero-order chi connectivity index (χ0) is 38.5. The number of carbonyl (C=O) groups is 2. The highest BCUT2D eigenvalue weighted by atomic mass is 16.6. The van der Waals surface area contributed by atoms with Gasteiger partial charge in [-0.2, -0.15) is 0 Å². The lowest BCUT2D eigenvalue weighted by Gasteiger charge is -2.15. The third kappa shape index (κ3) is 21.2. The molecule has 1 N–H and O–H groups in total. The second-order valence-electron chi connectivity index (χ2n) is 15.6. The van der Waals surface area contributed by atoms with Crippen molar-refractivity contribution < 1.29 is 33.0 Å². The molecule has 2 heterocycles. The predicted molar refractivity (Wildman–Crippen MR) is 217 cm³/mol. The van der Waals surface area contributed by atoms with Gasteiger partial charge < -0.3 is 23.4 Å². The van der Waals surface area contributed by atoms with Crippen LogP contribution in [0.25, 0.3) is 0 Å². The molecule has 7 nitrogen and oxygen atoms in total. The van der Waals surface area contributed by atoms with Crippen LogP contribution in [0.2, 0.25) is 0 Å². The molecule has 0 saturated heterocycles. The maximum absolute atomic E-state index is 12.3. The Labute approximate surface area is 323 Å². The highest BCUT2D eigenvalue weighted by Crippen LogP contribution is 2.25. The molecule has 0 radical (unpaired) electrons. The number of aliphatic hydroxyl groups is 1. The number of furan rings is 2. The lowest BCUT2D eigenvalue weighted by atomic mass is 10.0. The summed E-state index contributed by atoms with van der Waals surface area (Å²) in [6, 6.07) is 2.19. The van der Waals surface area contributed by atoms with Crippen LogP contribution in [0.15, 0.2) is 14.9 Å². The van der Waals surface area contributed by atoms with Crippen molar-refractivity contribution in [1.29, 1.82) is 0 Å². The summed E-state index contributed by atoms with van der Waals surface area (Å²) in [6.45, 7) is 10.6. The van der Waals surface area contributed by atoms with Crippen LogP contribution in [0, 0.1) is 20.8 Å². The molecule has 0 amide bonds. The highest BCUT2D eigenvalue weighted by Gasteiger charge is 2.16.